The van der Waals surface area contributed by atoms with Gasteiger partial charge in [-0.3, -0.25) is 0 Å². The predicted octanol–water partition coefficient (Wildman–Crippen LogP) is 2.68. The van der Waals surface area contributed by atoms with E-state index < -0.39 is 0 Å². The van der Waals surface area contributed by atoms with Crippen molar-refractivity contribution in [1.29, 1.82) is 0 Å². The Morgan fingerprint density at radius 1 is 1.20 bits per heavy atom. The molecule has 2 fully saturated rings. The van der Waals surface area contributed by atoms with Crippen LogP contribution in [0.5, 0.6) is 0 Å². The second-order valence-electron chi connectivity index (χ2n) is 6.10. The first-order chi connectivity index (χ1) is 9.77. The van der Waals surface area contributed by atoms with Gasteiger partial charge in [-0.15, -0.1) is 0 Å². The van der Waals surface area contributed by atoms with Crippen LogP contribution in [0.15, 0.2) is 30.3 Å². The van der Waals surface area contributed by atoms with Gasteiger partial charge in [-0.25, -0.2) is 4.79 Å². The summed E-state index contributed by atoms with van der Waals surface area (Å²) in [7, 11) is 0. The molecule has 4 nitrogen and oxygen atoms in total. The molecular weight excluding hydrogens is 250 g/mol. The summed E-state index contributed by atoms with van der Waals surface area (Å²) in [5.41, 5.74) is 1.18. The third-order valence-corrected chi connectivity index (χ3v) is 4.53. The maximum atomic E-state index is 12.4. The fourth-order valence-corrected chi connectivity index (χ4v) is 3.48. The Morgan fingerprint density at radius 3 is 2.75 bits per heavy atom. The smallest absolute Gasteiger partial charge is 0.321 e. The molecule has 1 unspecified atom stereocenters. The van der Waals surface area contributed by atoms with Crippen LogP contribution in [-0.4, -0.2) is 37.1 Å². The zero-order valence-electron chi connectivity index (χ0n) is 11.9. The molecule has 2 heterocycles. The second kappa shape index (κ2) is 5.83. The first-order valence-corrected chi connectivity index (χ1v) is 7.59. The molecule has 2 amide bonds. The first kappa shape index (κ1) is 13.4. The normalized spacial score (nSPS) is 26.5. The van der Waals surface area contributed by atoms with Gasteiger partial charge >= 0.3 is 6.03 Å². The number of nitrogens with one attached hydrogen (secondary N) is 2. The van der Waals surface area contributed by atoms with E-state index in [-0.39, 0.29) is 6.03 Å². The molecule has 0 aliphatic carbocycles. The molecule has 2 aliphatic rings. The molecule has 0 radical (unpaired) electrons. The molecule has 0 bridgehead atoms. The molecule has 2 N–H and O–H groups in total. The van der Waals surface area contributed by atoms with Crippen molar-refractivity contribution in [3.05, 3.63) is 30.3 Å². The van der Waals surface area contributed by atoms with Gasteiger partial charge in [0.2, 0.25) is 0 Å². The summed E-state index contributed by atoms with van der Waals surface area (Å²) in [5, 5.41) is 6.50. The fourth-order valence-electron chi connectivity index (χ4n) is 3.48. The zero-order valence-corrected chi connectivity index (χ0v) is 11.9. The third-order valence-electron chi connectivity index (χ3n) is 4.53. The van der Waals surface area contributed by atoms with Gasteiger partial charge in [0.25, 0.3) is 0 Å². The number of hydrogen-bond acceptors (Lipinski definition) is 2. The Morgan fingerprint density at radius 2 is 2.00 bits per heavy atom. The van der Waals surface area contributed by atoms with E-state index in [1.54, 1.807) is 0 Å². The molecule has 1 spiro atoms. The van der Waals surface area contributed by atoms with Crippen LogP contribution in [0.1, 0.15) is 25.7 Å². The van der Waals surface area contributed by atoms with Crippen molar-refractivity contribution in [2.24, 2.45) is 5.41 Å². The largest absolute Gasteiger partial charge is 0.324 e. The predicted molar refractivity (Wildman–Crippen MR) is 80.8 cm³/mol. The van der Waals surface area contributed by atoms with Gasteiger partial charge in [-0.2, -0.15) is 0 Å². The van der Waals surface area contributed by atoms with Crippen molar-refractivity contribution >= 4 is 11.7 Å². The van der Waals surface area contributed by atoms with Gasteiger partial charge < -0.3 is 15.5 Å². The molecule has 2 aliphatic heterocycles. The first-order valence-electron chi connectivity index (χ1n) is 7.59. The van der Waals surface area contributed by atoms with E-state index in [4.69, 9.17) is 0 Å². The number of anilines is 1. The van der Waals surface area contributed by atoms with Crippen LogP contribution in [0.3, 0.4) is 0 Å². The van der Waals surface area contributed by atoms with Gasteiger partial charge in [-0.1, -0.05) is 18.2 Å². The molecule has 1 atom stereocenters. The number of benzene rings is 1. The molecule has 108 valence electrons. The Labute approximate surface area is 120 Å². The van der Waals surface area contributed by atoms with Crippen LogP contribution in [-0.2, 0) is 0 Å². The minimum absolute atomic E-state index is 0.0425. The Bertz CT molecular complexity index is 449. The maximum Gasteiger partial charge on any atom is 0.321 e. The molecule has 20 heavy (non-hydrogen) atoms. The number of piperidine rings is 2. The molecule has 1 aromatic rings. The molecule has 0 aromatic heterocycles. The van der Waals surface area contributed by atoms with Crippen LogP contribution >= 0.6 is 0 Å². The van der Waals surface area contributed by atoms with Gasteiger partial charge in [0.05, 0.1) is 0 Å². The lowest BCUT2D eigenvalue weighted by Crippen LogP contribution is -2.53. The quantitative estimate of drug-likeness (QED) is 0.826. The maximum absolute atomic E-state index is 12.4. The Balaban J connectivity index is 1.63. The lowest BCUT2D eigenvalue weighted by molar-refractivity contribution is 0.0861. The number of urea groups is 1. The van der Waals surface area contributed by atoms with Crippen LogP contribution in [0.2, 0.25) is 0 Å². The van der Waals surface area contributed by atoms with Gasteiger partial charge in [0.15, 0.2) is 0 Å². The summed E-state index contributed by atoms with van der Waals surface area (Å²) >= 11 is 0. The molecule has 3 rings (SSSR count). The fraction of sp³-hybridized carbons (Fsp3) is 0.562. The Kier molecular flexibility index (Phi) is 3.92. The number of amides is 2. The highest BCUT2D eigenvalue weighted by atomic mass is 16.2. The van der Waals surface area contributed by atoms with Gasteiger partial charge in [-0.05, 0) is 44.4 Å². The zero-order chi connectivity index (χ0) is 13.8. The van der Waals surface area contributed by atoms with E-state index in [0.717, 1.165) is 38.3 Å². The van der Waals surface area contributed by atoms with Crippen molar-refractivity contribution in [2.75, 3.05) is 31.5 Å². The van der Waals surface area contributed by atoms with Crippen molar-refractivity contribution in [3.63, 3.8) is 0 Å². The number of hydrogen-bond donors (Lipinski definition) is 2. The number of likely N-dealkylation sites (tertiary alicyclic amines) is 1. The summed E-state index contributed by atoms with van der Waals surface area (Å²) in [6.07, 6.45) is 4.84. The minimum Gasteiger partial charge on any atom is -0.324 e. The molecule has 2 saturated heterocycles. The van der Waals surface area contributed by atoms with Crippen LogP contribution in [0, 0.1) is 5.41 Å². The number of para-hydroxylation sites is 1. The number of nitrogens with zero attached hydrogens (tertiary/aromatic N) is 1. The number of carbonyl (C=O) groups is 1. The van der Waals surface area contributed by atoms with Crippen molar-refractivity contribution in [2.45, 2.75) is 25.7 Å². The standard InChI is InChI=1S/C16H23N3O/c20-15(18-14-6-2-1-3-7-14)19-11-5-9-16(13-19)8-4-10-17-12-16/h1-3,6-7,17H,4-5,8-13H2,(H,18,20). The molecule has 1 aromatic carbocycles. The lowest BCUT2D eigenvalue weighted by atomic mass is 9.74. The minimum atomic E-state index is 0.0425. The average molecular weight is 273 g/mol. The highest BCUT2D eigenvalue weighted by Gasteiger charge is 2.37. The molecule has 4 heteroatoms. The van der Waals surface area contributed by atoms with Gasteiger partial charge in [0.1, 0.15) is 0 Å². The highest BCUT2D eigenvalue weighted by molar-refractivity contribution is 5.89. The van der Waals surface area contributed by atoms with E-state index >= 15 is 0 Å². The van der Waals surface area contributed by atoms with Crippen molar-refractivity contribution < 1.29 is 4.79 Å². The highest BCUT2D eigenvalue weighted by Crippen LogP contribution is 2.36. The van der Waals surface area contributed by atoms with Crippen LogP contribution < -0.4 is 10.6 Å². The average Bonchev–Trinajstić information content (AvgIpc) is 2.49. The van der Waals surface area contributed by atoms with E-state index in [2.05, 4.69) is 10.6 Å². The topological polar surface area (TPSA) is 44.4 Å². The summed E-state index contributed by atoms with van der Waals surface area (Å²) in [5.74, 6) is 0. The van der Waals surface area contributed by atoms with E-state index in [1.807, 2.05) is 35.2 Å². The third kappa shape index (κ3) is 2.96. The van der Waals surface area contributed by atoms with Crippen LogP contribution in [0.25, 0.3) is 0 Å². The molecule has 0 saturated carbocycles. The van der Waals surface area contributed by atoms with Crippen LogP contribution in [0.4, 0.5) is 10.5 Å². The lowest BCUT2D eigenvalue weighted by Gasteiger charge is -2.45. The van der Waals surface area contributed by atoms with E-state index in [9.17, 15) is 4.79 Å². The SMILES string of the molecule is O=C(Nc1ccccc1)N1CCCC2(CCCNC2)C1. The summed E-state index contributed by atoms with van der Waals surface area (Å²) in [6.45, 7) is 3.94. The van der Waals surface area contributed by atoms with E-state index in [0.29, 0.717) is 5.41 Å². The number of carbonyl (C=O) groups excluding carboxylic acids is 1. The van der Waals surface area contributed by atoms with Crippen molar-refractivity contribution in [3.8, 4) is 0 Å². The van der Waals surface area contributed by atoms with Gasteiger partial charge in [0, 0.05) is 30.7 Å². The molecular formula is C16H23N3O. The summed E-state index contributed by atoms with van der Waals surface area (Å²) in [6, 6.07) is 9.75. The second-order valence-corrected chi connectivity index (χ2v) is 6.10. The summed E-state index contributed by atoms with van der Waals surface area (Å²) < 4.78 is 0. The van der Waals surface area contributed by atoms with Crippen molar-refractivity contribution in [1.82, 2.24) is 10.2 Å². The summed E-state index contributed by atoms with van der Waals surface area (Å²) in [4.78, 5) is 14.4. The number of rotatable bonds is 1. The van der Waals surface area contributed by atoms with E-state index in [1.165, 1.54) is 19.3 Å². The Hall–Kier alpha value is -1.55. The monoisotopic (exact) mass is 273 g/mol.